The summed E-state index contributed by atoms with van der Waals surface area (Å²) in [6.45, 7) is 5.45. The zero-order valence-electron chi connectivity index (χ0n) is 11.5. The van der Waals surface area contributed by atoms with Gasteiger partial charge in [-0.3, -0.25) is 4.79 Å². The number of ether oxygens (including phenoxy) is 1. The second kappa shape index (κ2) is 6.33. The third kappa shape index (κ3) is 4.70. The number of hydrogen-bond acceptors (Lipinski definition) is 3. The van der Waals surface area contributed by atoms with E-state index in [0.717, 1.165) is 0 Å². The van der Waals surface area contributed by atoms with E-state index in [2.05, 4.69) is 6.07 Å². The van der Waals surface area contributed by atoms with Crippen LogP contribution in [0.2, 0.25) is 0 Å². The Labute approximate surface area is 113 Å². The van der Waals surface area contributed by atoms with Gasteiger partial charge >= 0.3 is 0 Å². The van der Waals surface area contributed by atoms with E-state index in [1.807, 2.05) is 13.8 Å². The maximum Gasteiger partial charge on any atom is 0.165 e. The van der Waals surface area contributed by atoms with Gasteiger partial charge in [0.05, 0.1) is 18.1 Å². The van der Waals surface area contributed by atoms with Gasteiger partial charge in [0, 0.05) is 5.56 Å². The molecule has 19 heavy (non-hydrogen) atoms. The van der Waals surface area contributed by atoms with Crippen LogP contribution in [-0.4, -0.2) is 12.4 Å². The smallest absolute Gasteiger partial charge is 0.165 e. The van der Waals surface area contributed by atoms with Crippen LogP contribution in [0.25, 0.3) is 0 Å². The topological polar surface area (TPSA) is 50.1 Å². The Kier molecular flexibility index (Phi) is 5.05. The molecular weight excluding hydrogens is 245 g/mol. The molecule has 0 bridgehead atoms. The second-order valence-electron chi connectivity index (χ2n) is 5.15. The van der Waals surface area contributed by atoms with Crippen LogP contribution in [0.1, 0.15) is 44.0 Å². The number of carbonyl (C=O) groups is 1. The lowest BCUT2D eigenvalue weighted by Crippen LogP contribution is -2.10. The van der Waals surface area contributed by atoms with Crippen molar-refractivity contribution in [1.29, 1.82) is 5.26 Å². The Hall–Kier alpha value is -1.89. The van der Waals surface area contributed by atoms with Crippen molar-refractivity contribution in [2.24, 2.45) is 5.41 Å². The van der Waals surface area contributed by atoms with Crippen molar-refractivity contribution in [3.05, 3.63) is 29.6 Å². The summed E-state index contributed by atoms with van der Waals surface area (Å²) in [5.74, 6) is -0.576. The van der Waals surface area contributed by atoms with E-state index >= 15 is 0 Å². The van der Waals surface area contributed by atoms with Gasteiger partial charge in [0.15, 0.2) is 17.3 Å². The first-order chi connectivity index (χ1) is 8.85. The predicted octanol–water partition coefficient (Wildman–Crippen LogP) is 3.74. The quantitative estimate of drug-likeness (QED) is 0.580. The molecule has 0 atom stereocenters. The van der Waals surface area contributed by atoms with E-state index in [1.165, 1.54) is 19.1 Å². The van der Waals surface area contributed by atoms with E-state index in [9.17, 15) is 9.18 Å². The van der Waals surface area contributed by atoms with Crippen molar-refractivity contribution in [1.82, 2.24) is 0 Å². The standard InChI is InChI=1S/C15H18FNO2/c1-11(18)12-5-6-14(13(16)9-12)19-8-4-7-15(2,3)10-17/h5-6,9H,4,7-8H2,1-3H3. The Bertz CT molecular complexity index is 503. The number of Topliss-reactive ketones (excluding diaryl/α,β-unsaturated/α-hetero) is 1. The van der Waals surface area contributed by atoms with Gasteiger partial charge in [0.25, 0.3) is 0 Å². The molecule has 0 aliphatic heterocycles. The molecule has 1 aromatic rings. The minimum atomic E-state index is -0.535. The molecule has 0 aliphatic carbocycles. The molecule has 1 rings (SSSR count). The lowest BCUT2D eigenvalue weighted by molar-refractivity contribution is 0.101. The fraction of sp³-hybridized carbons (Fsp3) is 0.467. The average molecular weight is 263 g/mol. The molecule has 0 spiro atoms. The summed E-state index contributed by atoms with van der Waals surface area (Å²) in [5, 5.41) is 8.85. The number of nitrogens with zero attached hydrogens (tertiary/aromatic N) is 1. The molecular formula is C15H18FNO2. The van der Waals surface area contributed by atoms with E-state index in [4.69, 9.17) is 10.00 Å². The summed E-state index contributed by atoms with van der Waals surface area (Å²) in [5.41, 5.74) is -0.0594. The molecule has 4 heteroatoms. The molecule has 0 saturated carbocycles. The highest BCUT2D eigenvalue weighted by atomic mass is 19.1. The van der Waals surface area contributed by atoms with Crippen molar-refractivity contribution >= 4 is 5.78 Å². The fourth-order valence-corrected chi connectivity index (χ4v) is 1.59. The highest BCUT2D eigenvalue weighted by Crippen LogP contribution is 2.22. The fourth-order valence-electron chi connectivity index (χ4n) is 1.59. The molecule has 0 heterocycles. The summed E-state index contributed by atoms with van der Waals surface area (Å²) >= 11 is 0. The van der Waals surface area contributed by atoms with Crippen LogP contribution in [0.3, 0.4) is 0 Å². The number of rotatable bonds is 6. The molecule has 102 valence electrons. The molecule has 0 amide bonds. The summed E-state index contributed by atoms with van der Waals surface area (Å²) in [7, 11) is 0. The van der Waals surface area contributed by atoms with Crippen LogP contribution < -0.4 is 4.74 Å². The zero-order chi connectivity index (χ0) is 14.5. The van der Waals surface area contributed by atoms with Crippen molar-refractivity contribution in [2.75, 3.05) is 6.61 Å². The first-order valence-electron chi connectivity index (χ1n) is 6.20. The number of nitriles is 1. The number of ketones is 1. The minimum absolute atomic E-state index is 0.139. The van der Waals surface area contributed by atoms with Gasteiger partial charge in [0.2, 0.25) is 0 Å². The highest BCUT2D eigenvalue weighted by molar-refractivity contribution is 5.94. The van der Waals surface area contributed by atoms with Gasteiger partial charge in [-0.25, -0.2) is 4.39 Å². The lowest BCUT2D eigenvalue weighted by atomic mass is 9.90. The number of hydrogen-bond donors (Lipinski definition) is 0. The second-order valence-corrected chi connectivity index (χ2v) is 5.15. The minimum Gasteiger partial charge on any atom is -0.491 e. The first kappa shape index (κ1) is 15.2. The van der Waals surface area contributed by atoms with Gasteiger partial charge in [-0.1, -0.05) is 0 Å². The van der Waals surface area contributed by atoms with Crippen molar-refractivity contribution in [3.63, 3.8) is 0 Å². The zero-order valence-corrected chi connectivity index (χ0v) is 11.5. The maximum atomic E-state index is 13.6. The van der Waals surface area contributed by atoms with Gasteiger partial charge < -0.3 is 4.74 Å². The highest BCUT2D eigenvalue weighted by Gasteiger charge is 2.16. The van der Waals surface area contributed by atoms with E-state index in [-0.39, 0.29) is 16.9 Å². The molecule has 3 nitrogen and oxygen atoms in total. The summed E-state index contributed by atoms with van der Waals surface area (Å²) in [6.07, 6.45) is 1.37. The first-order valence-corrected chi connectivity index (χ1v) is 6.20. The van der Waals surface area contributed by atoms with Crippen LogP contribution in [-0.2, 0) is 0 Å². The van der Waals surface area contributed by atoms with Gasteiger partial charge in [-0.15, -0.1) is 0 Å². The molecule has 0 aromatic heterocycles. The monoisotopic (exact) mass is 263 g/mol. The molecule has 0 aliphatic rings. The SMILES string of the molecule is CC(=O)c1ccc(OCCCC(C)(C)C#N)c(F)c1. The summed E-state index contributed by atoms with van der Waals surface area (Å²) < 4.78 is 18.9. The molecule has 1 aromatic carbocycles. The van der Waals surface area contributed by atoms with Crippen LogP contribution in [0.15, 0.2) is 18.2 Å². The third-order valence-electron chi connectivity index (χ3n) is 2.84. The van der Waals surface area contributed by atoms with Crippen LogP contribution in [0.4, 0.5) is 4.39 Å². The van der Waals surface area contributed by atoms with E-state index in [0.29, 0.717) is 25.0 Å². The summed E-state index contributed by atoms with van der Waals surface area (Å²) in [4.78, 5) is 11.1. The van der Waals surface area contributed by atoms with Crippen LogP contribution >= 0.6 is 0 Å². The van der Waals surface area contributed by atoms with E-state index in [1.54, 1.807) is 6.07 Å². The number of carbonyl (C=O) groups excluding carboxylic acids is 1. The lowest BCUT2D eigenvalue weighted by Gasteiger charge is -2.15. The predicted molar refractivity (Wildman–Crippen MR) is 70.5 cm³/mol. The Morgan fingerprint density at radius 3 is 2.68 bits per heavy atom. The molecule has 0 N–H and O–H groups in total. The van der Waals surface area contributed by atoms with Gasteiger partial charge in [0.1, 0.15) is 0 Å². The Morgan fingerprint density at radius 1 is 1.47 bits per heavy atom. The third-order valence-corrected chi connectivity index (χ3v) is 2.84. The molecule has 0 unspecified atom stereocenters. The van der Waals surface area contributed by atoms with Gasteiger partial charge in [-0.2, -0.15) is 5.26 Å². The molecule has 0 fully saturated rings. The molecule has 0 saturated heterocycles. The van der Waals surface area contributed by atoms with E-state index < -0.39 is 5.82 Å². The van der Waals surface area contributed by atoms with Crippen molar-refractivity contribution in [3.8, 4) is 11.8 Å². The Morgan fingerprint density at radius 2 is 2.16 bits per heavy atom. The van der Waals surface area contributed by atoms with Crippen molar-refractivity contribution in [2.45, 2.75) is 33.6 Å². The largest absolute Gasteiger partial charge is 0.491 e. The number of benzene rings is 1. The van der Waals surface area contributed by atoms with Gasteiger partial charge in [-0.05, 0) is 51.8 Å². The normalized spacial score (nSPS) is 10.9. The maximum absolute atomic E-state index is 13.6. The average Bonchev–Trinajstić information content (AvgIpc) is 2.36. The van der Waals surface area contributed by atoms with Crippen LogP contribution in [0.5, 0.6) is 5.75 Å². The molecule has 0 radical (unpaired) electrons. The van der Waals surface area contributed by atoms with Crippen LogP contribution in [0, 0.1) is 22.6 Å². The number of halogens is 1. The van der Waals surface area contributed by atoms with Crippen molar-refractivity contribution < 1.29 is 13.9 Å². The Balaban J connectivity index is 2.51. The summed E-state index contributed by atoms with van der Waals surface area (Å²) in [6, 6.07) is 6.38.